The number of hydrogen-bond acceptors (Lipinski definition) is 3. The fourth-order valence-corrected chi connectivity index (χ4v) is 0.937. The normalized spacial score (nSPS) is 10.7. The second-order valence-corrected chi connectivity index (χ2v) is 3.94. The Kier molecular flexibility index (Phi) is 6.14. The summed E-state index contributed by atoms with van der Waals surface area (Å²) in [6.07, 6.45) is 5.50. The van der Waals surface area contributed by atoms with E-state index in [4.69, 9.17) is 17.5 Å². The van der Waals surface area contributed by atoms with Crippen molar-refractivity contribution < 1.29 is 17.5 Å². The van der Waals surface area contributed by atoms with Gasteiger partial charge in [-0.25, -0.2) is 4.98 Å². The molecule has 0 saturated carbocycles. The van der Waals surface area contributed by atoms with Crippen molar-refractivity contribution in [3.05, 3.63) is 17.7 Å². The van der Waals surface area contributed by atoms with E-state index in [0.29, 0.717) is 0 Å². The van der Waals surface area contributed by atoms with Crippen molar-refractivity contribution in [1.29, 1.82) is 0 Å². The van der Waals surface area contributed by atoms with Crippen molar-refractivity contribution in [2.24, 2.45) is 0 Å². The highest BCUT2D eigenvalue weighted by atomic mass is 32.3. The lowest BCUT2D eigenvalue weighted by molar-refractivity contribution is 0.381. The summed E-state index contributed by atoms with van der Waals surface area (Å²) in [6.45, 7) is 4.20. The minimum absolute atomic E-state index is 1.09. The predicted octanol–water partition coefficient (Wildman–Crippen LogP) is 1.41. The highest BCUT2D eigenvalue weighted by Crippen LogP contribution is 1.99. The molecule has 1 aromatic heterocycles. The van der Waals surface area contributed by atoms with Crippen LogP contribution in [0.3, 0.4) is 0 Å². The van der Waals surface area contributed by atoms with Crippen molar-refractivity contribution in [2.75, 3.05) is 0 Å². The molecule has 0 radical (unpaired) electrons. The molecule has 1 heterocycles. The van der Waals surface area contributed by atoms with Crippen LogP contribution in [0.2, 0.25) is 0 Å². The van der Waals surface area contributed by atoms with Gasteiger partial charge < -0.3 is 4.98 Å². The molecule has 3 N–H and O–H groups in total. The second kappa shape index (κ2) is 6.54. The molecule has 0 atom stereocenters. The number of aromatic nitrogens is 2. The number of hydrogen-bond donors (Lipinski definition) is 3. The van der Waals surface area contributed by atoms with Gasteiger partial charge >= 0.3 is 10.4 Å². The molecule has 88 valence electrons. The summed E-state index contributed by atoms with van der Waals surface area (Å²) in [4.78, 5) is 7.42. The first-order valence-electron chi connectivity index (χ1n) is 4.53. The molecule has 0 spiro atoms. The molecule has 0 saturated heterocycles. The zero-order chi connectivity index (χ0) is 11.9. The second-order valence-electron chi connectivity index (χ2n) is 3.04. The third-order valence-electron chi connectivity index (χ3n) is 1.53. The van der Waals surface area contributed by atoms with Crippen molar-refractivity contribution in [1.82, 2.24) is 9.97 Å². The van der Waals surface area contributed by atoms with Gasteiger partial charge in [0, 0.05) is 12.6 Å². The zero-order valence-corrected chi connectivity index (χ0v) is 9.58. The van der Waals surface area contributed by atoms with Gasteiger partial charge in [-0.1, -0.05) is 13.3 Å². The van der Waals surface area contributed by atoms with Crippen LogP contribution >= 0.6 is 0 Å². The monoisotopic (exact) mass is 236 g/mol. The van der Waals surface area contributed by atoms with Gasteiger partial charge in [-0.05, 0) is 13.3 Å². The molecule has 7 heteroatoms. The first-order valence-corrected chi connectivity index (χ1v) is 5.93. The van der Waals surface area contributed by atoms with E-state index in [9.17, 15) is 0 Å². The van der Waals surface area contributed by atoms with Gasteiger partial charge in [0.25, 0.3) is 0 Å². The Bertz CT molecular complexity index is 364. The third-order valence-corrected chi connectivity index (χ3v) is 1.53. The molecule has 0 aromatic carbocycles. The van der Waals surface area contributed by atoms with E-state index in [1.807, 2.05) is 13.1 Å². The average Bonchev–Trinajstić information content (AvgIpc) is 2.45. The Balaban J connectivity index is 0.000000336. The summed E-state index contributed by atoms with van der Waals surface area (Å²) >= 11 is 0. The van der Waals surface area contributed by atoms with Crippen LogP contribution in [0, 0.1) is 6.92 Å². The van der Waals surface area contributed by atoms with E-state index in [1.165, 1.54) is 12.8 Å². The van der Waals surface area contributed by atoms with E-state index < -0.39 is 10.4 Å². The van der Waals surface area contributed by atoms with Crippen LogP contribution in [0.4, 0.5) is 0 Å². The summed E-state index contributed by atoms with van der Waals surface area (Å²) in [6, 6.07) is 0. The maximum atomic E-state index is 8.74. The van der Waals surface area contributed by atoms with Crippen LogP contribution in [0.1, 0.15) is 31.3 Å². The lowest BCUT2D eigenvalue weighted by Crippen LogP contribution is -1.89. The molecule has 0 aliphatic heterocycles. The quantitative estimate of drug-likeness (QED) is 0.688. The summed E-state index contributed by atoms with van der Waals surface area (Å²) in [7, 11) is -4.67. The van der Waals surface area contributed by atoms with Crippen LogP contribution in [-0.2, 0) is 16.8 Å². The summed E-state index contributed by atoms with van der Waals surface area (Å²) in [5.41, 5.74) is 1.09. The third kappa shape index (κ3) is 11.0. The van der Waals surface area contributed by atoms with E-state index in [0.717, 1.165) is 17.9 Å². The van der Waals surface area contributed by atoms with Crippen LogP contribution in [0.25, 0.3) is 0 Å². The van der Waals surface area contributed by atoms with Gasteiger partial charge in [0.2, 0.25) is 0 Å². The number of H-pyrrole nitrogens is 1. The topological polar surface area (TPSA) is 103 Å². The molecule has 0 unspecified atom stereocenters. The van der Waals surface area contributed by atoms with Crippen LogP contribution in [0.5, 0.6) is 0 Å². The van der Waals surface area contributed by atoms with E-state index >= 15 is 0 Å². The number of nitrogens with one attached hydrogen (secondary N) is 1. The minimum Gasteiger partial charge on any atom is -0.348 e. The SMILES string of the molecule is CCCCc1nc(C)c[nH]1.O=S(=O)(O)O. The maximum Gasteiger partial charge on any atom is 0.394 e. The molecule has 0 amide bonds. The predicted molar refractivity (Wildman–Crippen MR) is 56.1 cm³/mol. The number of nitrogens with zero attached hydrogens (tertiary/aromatic N) is 1. The highest BCUT2D eigenvalue weighted by Gasteiger charge is 1.94. The molecular formula is C8H16N2O4S. The number of unbranched alkanes of at least 4 members (excludes halogenated alkanes) is 1. The zero-order valence-electron chi connectivity index (χ0n) is 8.77. The summed E-state index contributed by atoms with van der Waals surface area (Å²) < 4.78 is 31.6. The lowest BCUT2D eigenvalue weighted by atomic mass is 10.2. The standard InChI is InChI=1S/C8H14N2.H2O4S/c1-3-4-5-8-9-6-7(2)10-8;1-5(2,3)4/h6H,3-5H2,1-2H3,(H,9,10);(H2,1,2,3,4). The Hall–Kier alpha value is -0.920. The molecule has 15 heavy (non-hydrogen) atoms. The Morgan fingerprint density at radius 3 is 2.33 bits per heavy atom. The van der Waals surface area contributed by atoms with Crippen molar-refractivity contribution in [3.63, 3.8) is 0 Å². The van der Waals surface area contributed by atoms with E-state index in [2.05, 4.69) is 16.9 Å². The Morgan fingerprint density at radius 2 is 2.00 bits per heavy atom. The van der Waals surface area contributed by atoms with Gasteiger partial charge in [-0.15, -0.1) is 0 Å². The minimum atomic E-state index is -4.67. The fourth-order valence-electron chi connectivity index (χ4n) is 0.937. The molecule has 0 aliphatic rings. The molecule has 0 aliphatic carbocycles. The van der Waals surface area contributed by atoms with Crippen LogP contribution < -0.4 is 0 Å². The summed E-state index contributed by atoms with van der Waals surface area (Å²) in [5.74, 6) is 1.12. The van der Waals surface area contributed by atoms with Crippen LogP contribution in [-0.4, -0.2) is 27.5 Å². The molecule has 0 bridgehead atoms. The molecule has 0 fully saturated rings. The Labute approximate surface area is 89.3 Å². The van der Waals surface area contributed by atoms with Crippen molar-refractivity contribution in [3.8, 4) is 0 Å². The van der Waals surface area contributed by atoms with Crippen molar-refractivity contribution in [2.45, 2.75) is 33.1 Å². The van der Waals surface area contributed by atoms with Gasteiger partial charge in [0.1, 0.15) is 5.82 Å². The van der Waals surface area contributed by atoms with Gasteiger partial charge in [-0.3, -0.25) is 9.11 Å². The average molecular weight is 236 g/mol. The lowest BCUT2D eigenvalue weighted by Gasteiger charge is -1.90. The number of aromatic amines is 1. The number of aryl methyl sites for hydroxylation is 2. The molecule has 1 aromatic rings. The van der Waals surface area contributed by atoms with Crippen LogP contribution in [0.15, 0.2) is 6.20 Å². The summed E-state index contributed by atoms with van der Waals surface area (Å²) in [5, 5.41) is 0. The van der Waals surface area contributed by atoms with Gasteiger partial charge in [-0.2, -0.15) is 8.42 Å². The maximum absolute atomic E-state index is 8.74. The largest absolute Gasteiger partial charge is 0.394 e. The first-order chi connectivity index (χ1) is 6.83. The molecule has 6 nitrogen and oxygen atoms in total. The first kappa shape index (κ1) is 14.1. The number of imidazole rings is 1. The smallest absolute Gasteiger partial charge is 0.348 e. The van der Waals surface area contributed by atoms with Crippen molar-refractivity contribution >= 4 is 10.4 Å². The molecular weight excluding hydrogens is 220 g/mol. The molecule has 1 rings (SSSR count). The van der Waals surface area contributed by atoms with Gasteiger partial charge in [0.15, 0.2) is 0 Å². The number of rotatable bonds is 3. The van der Waals surface area contributed by atoms with E-state index in [-0.39, 0.29) is 0 Å². The highest BCUT2D eigenvalue weighted by molar-refractivity contribution is 7.79. The fraction of sp³-hybridized carbons (Fsp3) is 0.625. The Morgan fingerprint density at radius 1 is 1.47 bits per heavy atom. The van der Waals surface area contributed by atoms with E-state index in [1.54, 1.807) is 0 Å². The van der Waals surface area contributed by atoms with Gasteiger partial charge in [0.05, 0.1) is 5.69 Å².